The Morgan fingerprint density at radius 2 is 1.85 bits per heavy atom. The van der Waals surface area contributed by atoms with Crippen LogP contribution in [-0.4, -0.2) is 34.8 Å². The molecule has 1 atom stereocenters. The lowest BCUT2D eigenvalue weighted by Crippen LogP contribution is -2.28. The van der Waals surface area contributed by atoms with Gasteiger partial charge in [0.15, 0.2) is 0 Å². The van der Waals surface area contributed by atoms with Crippen LogP contribution in [0.25, 0.3) is 0 Å². The molecule has 0 aromatic heterocycles. The molecule has 1 heterocycles. The van der Waals surface area contributed by atoms with Gasteiger partial charge in [-0.2, -0.15) is 11.8 Å². The number of amides is 2. The van der Waals surface area contributed by atoms with Crippen LogP contribution in [0.5, 0.6) is 0 Å². The maximum Gasteiger partial charge on any atom is 0.251 e. The average molecular weight is 511 g/mol. The maximum atomic E-state index is 12.5. The molecule has 1 fully saturated rings. The number of rotatable bonds is 9. The van der Waals surface area contributed by atoms with Crippen LogP contribution < -0.4 is 5.32 Å². The highest BCUT2D eigenvalue weighted by Crippen LogP contribution is 2.39. The van der Waals surface area contributed by atoms with E-state index < -0.39 is 0 Å². The van der Waals surface area contributed by atoms with Crippen molar-refractivity contribution in [2.45, 2.75) is 24.6 Å². The number of carbonyl (C=O) groups is 2. The first-order chi connectivity index (χ1) is 16.5. The van der Waals surface area contributed by atoms with Crippen molar-refractivity contribution >= 4 is 46.9 Å². The summed E-state index contributed by atoms with van der Waals surface area (Å²) in [7, 11) is 0. The highest BCUT2D eigenvalue weighted by Gasteiger charge is 2.32. The van der Waals surface area contributed by atoms with E-state index in [1.54, 1.807) is 11.8 Å². The third kappa shape index (κ3) is 6.59. The quantitative estimate of drug-likeness (QED) is 0.354. The van der Waals surface area contributed by atoms with E-state index in [4.69, 9.17) is 11.6 Å². The van der Waals surface area contributed by atoms with Crippen LogP contribution in [-0.2, 0) is 17.1 Å². The molecule has 0 bridgehead atoms. The highest BCUT2D eigenvalue weighted by atomic mass is 35.5. The fourth-order valence-electron chi connectivity index (χ4n) is 3.82. The van der Waals surface area contributed by atoms with Gasteiger partial charge < -0.3 is 10.2 Å². The number of nitrogens with one attached hydrogen (secondary N) is 1. The van der Waals surface area contributed by atoms with Crippen molar-refractivity contribution < 1.29 is 9.59 Å². The Morgan fingerprint density at radius 3 is 2.59 bits per heavy atom. The van der Waals surface area contributed by atoms with Gasteiger partial charge in [-0.15, -0.1) is 11.8 Å². The molecule has 7 heteroatoms. The van der Waals surface area contributed by atoms with Crippen molar-refractivity contribution in [2.75, 3.05) is 18.1 Å². The summed E-state index contributed by atoms with van der Waals surface area (Å²) in [5.74, 6) is 2.31. The number of carbonyl (C=O) groups excluding carboxylic acids is 2. The third-order valence-electron chi connectivity index (χ3n) is 5.58. The molecule has 1 aliphatic rings. The molecule has 1 saturated heterocycles. The Bertz CT molecular complexity index is 1140. The fraction of sp³-hybridized carbons (Fsp3) is 0.259. The molecule has 4 rings (SSSR count). The summed E-state index contributed by atoms with van der Waals surface area (Å²) in [6.07, 6.45) is 0. The van der Waals surface area contributed by atoms with Gasteiger partial charge in [-0.25, -0.2) is 0 Å². The minimum Gasteiger partial charge on any atom is -0.351 e. The first-order valence-electron chi connectivity index (χ1n) is 11.2. The second-order valence-corrected chi connectivity index (χ2v) is 10.8. The van der Waals surface area contributed by atoms with Gasteiger partial charge in [-0.1, -0.05) is 65.7 Å². The van der Waals surface area contributed by atoms with Gasteiger partial charge in [0.2, 0.25) is 5.91 Å². The second-order valence-electron chi connectivity index (χ2n) is 8.23. The summed E-state index contributed by atoms with van der Waals surface area (Å²) in [5, 5.41) is 3.62. The van der Waals surface area contributed by atoms with Crippen LogP contribution >= 0.6 is 35.1 Å². The van der Waals surface area contributed by atoms with Crippen molar-refractivity contribution in [3.05, 3.63) is 106 Å². The van der Waals surface area contributed by atoms with E-state index in [1.165, 1.54) is 11.1 Å². The normalized spacial score (nSPS) is 15.5. The maximum absolute atomic E-state index is 12.5. The van der Waals surface area contributed by atoms with E-state index in [1.807, 2.05) is 65.2 Å². The summed E-state index contributed by atoms with van der Waals surface area (Å²) in [6, 6.07) is 23.7. The largest absolute Gasteiger partial charge is 0.351 e. The number of nitrogens with zero attached hydrogens (tertiary/aromatic N) is 1. The standard InChI is InChI=1S/C27H27ClN2O2S2/c1-19-3-2-4-21(15-19)17-33-14-13-29-26(32)22-7-9-23(10-8-22)27-30(25(31)18-34-27)16-20-5-11-24(28)12-6-20/h2-12,15,27H,13-14,16-18H2,1H3,(H,29,32)/t27-/m0/s1. The molecular formula is C27H27ClN2O2S2. The summed E-state index contributed by atoms with van der Waals surface area (Å²) in [5.41, 5.74) is 5.27. The highest BCUT2D eigenvalue weighted by molar-refractivity contribution is 8.00. The van der Waals surface area contributed by atoms with Crippen molar-refractivity contribution in [2.24, 2.45) is 0 Å². The monoisotopic (exact) mass is 510 g/mol. The molecule has 3 aromatic carbocycles. The van der Waals surface area contributed by atoms with Gasteiger partial charge in [-0.3, -0.25) is 9.59 Å². The molecule has 2 amide bonds. The van der Waals surface area contributed by atoms with Gasteiger partial charge in [0, 0.05) is 35.2 Å². The van der Waals surface area contributed by atoms with Gasteiger partial charge in [-0.05, 0) is 47.9 Å². The number of hydrogen-bond donors (Lipinski definition) is 1. The molecule has 0 saturated carbocycles. The van der Waals surface area contributed by atoms with Crippen molar-refractivity contribution in [3.63, 3.8) is 0 Å². The van der Waals surface area contributed by atoms with Crippen molar-refractivity contribution in [1.29, 1.82) is 0 Å². The van der Waals surface area contributed by atoms with Gasteiger partial charge in [0.1, 0.15) is 5.37 Å². The lowest BCUT2D eigenvalue weighted by molar-refractivity contribution is -0.128. The van der Waals surface area contributed by atoms with Crippen LogP contribution in [0.2, 0.25) is 5.02 Å². The lowest BCUT2D eigenvalue weighted by Gasteiger charge is -2.24. The van der Waals surface area contributed by atoms with Gasteiger partial charge >= 0.3 is 0 Å². The molecule has 1 aliphatic heterocycles. The molecule has 176 valence electrons. The van der Waals surface area contributed by atoms with Crippen LogP contribution in [0.15, 0.2) is 72.8 Å². The topological polar surface area (TPSA) is 49.4 Å². The van der Waals surface area contributed by atoms with Crippen LogP contribution in [0.1, 0.15) is 38.0 Å². The van der Waals surface area contributed by atoms with E-state index in [2.05, 4.69) is 36.5 Å². The number of halogens is 1. The van der Waals surface area contributed by atoms with E-state index in [9.17, 15) is 9.59 Å². The molecular weight excluding hydrogens is 484 g/mol. The van der Waals surface area contributed by atoms with E-state index >= 15 is 0 Å². The number of benzene rings is 3. The number of thioether (sulfide) groups is 2. The number of hydrogen-bond acceptors (Lipinski definition) is 4. The Balaban J connectivity index is 1.28. The molecule has 3 aromatic rings. The summed E-state index contributed by atoms with van der Waals surface area (Å²) < 4.78 is 0. The number of aryl methyl sites for hydroxylation is 1. The van der Waals surface area contributed by atoms with Crippen LogP contribution in [0.4, 0.5) is 0 Å². The van der Waals surface area contributed by atoms with Gasteiger partial charge in [0.25, 0.3) is 5.91 Å². The van der Waals surface area contributed by atoms with E-state index in [-0.39, 0.29) is 17.2 Å². The molecule has 0 unspecified atom stereocenters. The Morgan fingerprint density at radius 1 is 1.09 bits per heavy atom. The zero-order chi connectivity index (χ0) is 23.9. The molecule has 0 radical (unpaired) electrons. The second kappa shape index (κ2) is 11.8. The van der Waals surface area contributed by atoms with Crippen LogP contribution in [0.3, 0.4) is 0 Å². The molecule has 1 N–H and O–H groups in total. The minimum atomic E-state index is -0.0733. The Labute approximate surface area is 214 Å². The summed E-state index contributed by atoms with van der Waals surface area (Å²) in [4.78, 5) is 26.9. The Hall–Kier alpha value is -2.41. The first-order valence-corrected chi connectivity index (χ1v) is 13.7. The summed E-state index contributed by atoms with van der Waals surface area (Å²) >= 11 is 9.41. The smallest absolute Gasteiger partial charge is 0.251 e. The SMILES string of the molecule is Cc1cccc(CSCCNC(=O)c2ccc([C@@H]3SCC(=O)N3Cc3ccc(Cl)cc3)cc2)c1. The van der Waals surface area contributed by atoms with Crippen molar-refractivity contribution in [1.82, 2.24) is 10.2 Å². The van der Waals surface area contributed by atoms with E-state index in [0.717, 1.165) is 22.6 Å². The molecule has 0 aliphatic carbocycles. The molecule has 4 nitrogen and oxygen atoms in total. The van der Waals surface area contributed by atoms with Gasteiger partial charge in [0.05, 0.1) is 5.75 Å². The van der Waals surface area contributed by atoms with E-state index in [0.29, 0.717) is 29.4 Å². The lowest BCUT2D eigenvalue weighted by atomic mass is 10.1. The fourth-order valence-corrected chi connectivity index (χ4v) is 5.94. The predicted molar refractivity (Wildman–Crippen MR) is 143 cm³/mol. The Kier molecular flexibility index (Phi) is 8.59. The molecule has 0 spiro atoms. The minimum absolute atomic E-state index is 0.0571. The zero-order valence-electron chi connectivity index (χ0n) is 19.0. The third-order valence-corrected chi connectivity index (χ3v) is 8.11. The van der Waals surface area contributed by atoms with Crippen LogP contribution in [0, 0.1) is 6.92 Å². The summed E-state index contributed by atoms with van der Waals surface area (Å²) in [6.45, 7) is 3.26. The zero-order valence-corrected chi connectivity index (χ0v) is 21.4. The predicted octanol–water partition coefficient (Wildman–Crippen LogP) is 6.09. The first kappa shape index (κ1) is 24.7. The van der Waals surface area contributed by atoms with Crippen molar-refractivity contribution in [3.8, 4) is 0 Å². The average Bonchev–Trinajstić information content (AvgIpc) is 3.20. The molecule has 34 heavy (non-hydrogen) atoms.